The highest BCUT2D eigenvalue weighted by atomic mass is 32.1. The van der Waals surface area contributed by atoms with Gasteiger partial charge in [0.15, 0.2) is 0 Å². The van der Waals surface area contributed by atoms with Crippen LogP contribution in [-0.4, -0.2) is 41.3 Å². The van der Waals surface area contributed by atoms with E-state index >= 15 is 0 Å². The molecule has 6 nitrogen and oxygen atoms in total. The second-order valence-corrected chi connectivity index (χ2v) is 6.22. The average Bonchev–Trinajstić information content (AvgIpc) is 3.13. The molecular formula is C14H20N4O2S. The van der Waals surface area contributed by atoms with Crippen molar-refractivity contribution in [3.05, 3.63) is 16.8 Å². The topological polar surface area (TPSA) is 77.4 Å². The lowest BCUT2D eigenvalue weighted by Crippen LogP contribution is -2.38. The molecular weight excluding hydrogens is 288 g/mol. The predicted octanol–water partition coefficient (Wildman–Crippen LogP) is 2.34. The molecule has 0 bridgehead atoms. The number of thiophene rings is 1. The van der Waals surface area contributed by atoms with E-state index in [1.165, 1.54) is 4.88 Å². The second kappa shape index (κ2) is 6.13. The number of aryl methyl sites for hydroxylation is 1. The summed E-state index contributed by atoms with van der Waals surface area (Å²) in [5.74, 6) is 1.09. The second-order valence-electron chi connectivity index (χ2n) is 5.05. The number of hydrogen-bond acceptors (Lipinski definition) is 7. The number of nitrogen functional groups attached to an aromatic ring is 1. The summed E-state index contributed by atoms with van der Waals surface area (Å²) >= 11 is 1.57. The summed E-state index contributed by atoms with van der Waals surface area (Å²) in [5.41, 5.74) is 6.86. The van der Waals surface area contributed by atoms with Gasteiger partial charge in [0, 0.05) is 18.0 Å². The molecule has 3 heterocycles. The van der Waals surface area contributed by atoms with Gasteiger partial charge in [-0.15, -0.1) is 11.3 Å². The van der Waals surface area contributed by atoms with E-state index in [1.54, 1.807) is 11.3 Å². The zero-order chi connectivity index (χ0) is 14.8. The minimum atomic E-state index is -0.123. The number of anilines is 1. The van der Waals surface area contributed by atoms with Gasteiger partial charge in [0.2, 0.25) is 5.82 Å². The number of morpholine rings is 1. The third-order valence-corrected chi connectivity index (χ3v) is 4.83. The Balaban J connectivity index is 1.81. The van der Waals surface area contributed by atoms with Gasteiger partial charge in [-0.05, 0) is 19.0 Å². The maximum atomic E-state index is 6.03. The Labute approximate surface area is 127 Å². The molecule has 1 aliphatic heterocycles. The van der Waals surface area contributed by atoms with Gasteiger partial charge in [0.1, 0.15) is 6.10 Å². The standard InChI is InChI=1S/C14H20N4O2S/c1-3-9-7-10(12(15)21-9)14-16-13(17-20-14)11-8-18(4-2)5-6-19-11/h7,11H,3-6,8,15H2,1-2H3. The van der Waals surface area contributed by atoms with Gasteiger partial charge >= 0.3 is 0 Å². The molecule has 114 valence electrons. The van der Waals surface area contributed by atoms with Gasteiger partial charge in [-0.2, -0.15) is 4.98 Å². The normalized spacial score (nSPS) is 20.0. The van der Waals surface area contributed by atoms with Crippen molar-refractivity contribution in [3.8, 4) is 11.5 Å². The van der Waals surface area contributed by atoms with E-state index in [9.17, 15) is 0 Å². The third kappa shape index (κ3) is 2.95. The minimum Gasteiger partial charge on any atom is -0.390 e. The molecule has 0 amide bonds. The van der Waals surface area contributed by atoms with Gasteiger partial charge < -0.3 is 15.0 Å². The van der Waals surface area contributed by atoms with Crippen LogP contribution >= 0.6 is 11.3 Å². The van der Waals surface area contributed by atoms with Gasteiger partial charge in [0.25, 0.3) is 5.89 Å². The Bertz CT molecular complexity index is 610. The van der Waals surface area contributed by atoms with Crippen LogP contribution in [0.2, 0.25) is 0 Å². The van der Waals surface area contributed by atoms with E-state index in [0.717, 1.165) is 36.6 Å². The number of nitrogens with two attached hydrogens (primary N) is 1. The summed E-state index contributed by atoms with van der Waals surface area (Å²) in [5, 5.41) is 4.80. The van der Waals surface area contributed by atoms with Crippen LogP contribution < -0.4 is 5.73 Å². The fourth-order valence-electron chi connectivity index (χ4n) is 2.42. The molecule has 3 rings (SSSR count). The van der Waals surface area contributed by atoms with Gasteiger partial charge in [0.05, 0.1) is 17.2 Å². The van der Waals surface area contributed by atoms with Crippen LogP contribution in [0.4, 0.5) is 5.00 Å². The summed E-state index contributed by atoms with van der Waals surface area (Å²) in [7, 11) is 0. The molecule has 2 N–H and O–H groups in total. The largest absolute Gasteiger partial charge is 0.390 e. The monoisotopic (exact) mass is 308 g/mol. The molecule has 7 heteroatoms. The number of nitrogens with zero attached hydrogens (tertiary/aromatic N) is 3. The highest BCUT2D eigenvalue weighted by molar-refractivity contribution is 7.16. The summed E-state index contributed by atoms with van der Waals surface area (Å²) in [6.45, 7) is 7.70. The van der Waals surface area contributed by atoms with E-state index in [0.29, 0.717) is 18.3 Å². The van der Waals surface area contributed by atoms with Gasteiger partial charge in [-0.3, -0.25) is 4.90 Å². The molecule has 2 aromatic rings. The fraction of sp³-hybridized carbons (Fsp3) is 0.571. The van der Waals surface area contributed by atoms with Crippen molar-refractivity contribution in [2.75, 3.05) is 32.0 Å². The SMILES string of the molecule is CCc1cc(-c2nc(C3CN(CC)CCO3)no2)c(N)s1. The molecule has 21 heavy (non-hydrogen) atoms. The van der Waals surface area contributed by atoms with E-state index in [1.807, 2.05) is 6.07 Å². The molecule has 2 aromatic heterocycles. The Morgan fingerprint density at radius 1 is 1.48 bits per heavy atom. The smallest absolute Gasteiger partial charge is 0.261 e. The Morgan fingerprint density at radius 2 is 2.33 bits per heavy atom. The number of ether oxygens (including phenoxy) is 1. The van der Waals surface area contributed by atoms with Crippen LogP contribution in [0.3, 0.4) is 0 Å². The zero-order valence-corrected chi connectivity index (χ0v) is 13.2. The molecule has 0 spiro atoms. The predicted molar refractivity (Wildman–Crippen MR) is 82.2 cm³/mol. The first-order valence-electron chi connectivity index (χ1n) is 7.27. The first-order valence-corrected chi connectivity index (χ1v) is 8.09. The van der Waals surface area contributed by atoms with Crippen molar-refractivity contribution in [1.82, 2.24) is 15.0 Å². The van der Waals surface area contributed by atoms with Crippen LogP contribution in [0.1, 0.15) is 30.7 Å². The molecule has 0 radical (unpaired) electrons. The van der Waals surface area contributed by atoms with Crippen molar-refractivity contribution >= 4 is 16.3 Å². The number of likely N-dealkylation sites (N-methyl/N-ethyl adjacent to an activating group) is 1. The fourth-order valence-corrected chi connectivity index (χ4v) is 3.28. The number of aromatic nitrogens is 2. The molecule has 1 aliphatic rings. The minimum absolute atomic E-state index is 0.123. The van der Waals surface area contributed by atoms with Crippen LogP contribution in [0, 0.1) is 0 Å². The van der Waals surface area contributed by atoms with Crippen LogP contribution in [0.15, 0.2) is 10.6 Å². The molecule has 0 aliphatic carbocycles. The van der Waals surface area contributed by atoms with E-state index < -0.39 is 0 Å². The van der Waals surface area contributed by atoms with E-state index in [-0.39, 0.29) is 6.10 Å². The molecule has 1 saturated heterocycles. The molecule has 0 aromatic carbocycles. The zero-order valence-electron chi connectivity index (χ0n) is 12.3. The molecule has 1 atom stereocenters. The van der Waals surface area contributed by atoms with Gasteiger partial charge in [-0.1, -0.05) is 19.0 Å². The number of hydrogen-bond donors (Lipinski definition) is 1. The van der Waals surface area contributed by atoms with E-state index in [4.69, 9.17) is 15.0 Å². The maximum absolute atomic E-state index is 6.03. The Kier molecular flexibility index (Phi) is 4.23. The molecule has 1 fully saturated rings. The van der Waals surface area contributed by atoms with Crippen molar-refractivity contribution in [3.63, 3.8) is 0 Å². The summed E-state index contributed by atoms with van der Waals surface area (Å²) in [6.07, 6.45) is 0.828. The average molecular weight is 308 g/mol. The summed E-state index contributed by atoms with van der Waals surface area (Å²) in [6, 6.07) is 2.03. The van der Waals surface area contributed by atoms with Crippen LogP contribution in [-0.2, 0) is 11.2 Å². The lowest BCUT2D eigenvalue weighted by Gasteiger charge is -2.30. The Morgan fingerprint density at radius 3 is 3.05 bits per heavy atom. The quantitative estimate of drug-likeness (QED) is 0.934. The lowest BCUT2D eigenvalue weighted by molar-refractivity contribution is -0.0334. The summed E-state index contributed by atoms with van der Waals surface area (Å²) < 4.78 is 11.1. The van der Waals surface area contributed by atoms with E-state index in [2.05, 4.69) is 28.9 Å². The lowest BCUT2D eigenvalue weighted by atomic mass is 10.2. The van der Waals surface area contributed by atoms with Gasteiger partial charge in [-0.25, -0.2) is 0 Å². The maximum Gasteiger partial charge on any atom is 0.261 e. The third-order valence-electron chi connectivity index (χ3n) is 3.72. The van der Waals surface area contributed by atoms with Crippen LogP contribution in [0.5, 0.6) is 0 Å². The highest BCUT2D eigenvalue weighted by Gasteiger charge is 2.26. The van der Waals surface area contributed by atoms with Crippen molar-refractivity contribution < 1.29 is 9.26 Å². The Hall–Kier alpha value is -1.44. The molecule has 1 unspecified atom stereocenters. The highest BCUT2D eigenvalue weighted by Crippen LogP contribution is 2.34. The summed E-state index contributed by atoms with van der Waals surface area (Å²) in [4.78, 5) is 8.01. The molecule has 0 saturated carbocycles. The van der Waals surface area contributed by atoms with Crippen molar-refractivity contribution in [2.24, 2.45) is 0 Å². The van der Waals surface area contributed by atoms with Crippen LogP contribution in [0.25, 0.3) is 11.5 Å². The van der Waals surface area contributed by atoms with Crippen molar-refractivity contribution in [1.29, 1.82) is 0 Å². The first kappa shape index (κ1) is 14.5. The first-order chi connectivity index (χ1) is 10.2. The van der Waals surface area contributed by atoms with Crippen molar-refractivity contribution in [2.45, 2.75) is 26.4 Å². The number of rotatable bonds is 4.